The largest absolute Gasteiger partial charge is 0.497 e. The van der Waals surface area contributed by atoms with Crippen LogP contribution in [-0.2, 0) is 11.3 Å². The lowest BCUT2D eigenvalue weighted by Gasteiger charge is -2.01. The number of aldehydes is 1. The highest BCUT2D eigenvalue weighted by Gasteiger charge is 2.11. The molecule has 0 unspecified atom stereocenters. The number of carboxylic acid groups (broad SMARTS) is 1. The van der Waals surface area contributed by atoms with Crippen LogP contribution in [0.3, 0.4) is 0 Å². The molecule has 20 heavy (non-hydrogen) atoms. The van der Waals surface area contributed by atoms with Gasteiger partial charge >= 0.3 is 5.97 Å². The first kappa shape index (κ1) is 13.8. The van der Waals surface area contributed by atoms with Crippen molar-refractivity contribution in [3.63, 3.8) is 0 Å². The van der Waals surface area contributed by atoms with Gasteiger partial charge in [0.15, 0.2) is 6.29 Å². The highest BCUT2D eigenvalue weighted by molar-refractivity contribution is 5.85. The Bertz CT molecular complexity index is 617. The SMILES string of the molecule is COc1ccc(-c2nn(CCC(=O)O)cc2C=O)cc1. The van der Waals surface area contributed by atoms with E-state index in [-0.39, 0.29) is 13.0 Å². The average molecular weight is 274 g/mol. The third-order valence-electron chi connectivity index (χ3n) is 2.84. The summed E-state index contributed by atoms with van der Waals surface area (Å²) >= 11 is 0. The minimum atomic E-state index is -0.904. The average Bonchev–Trinajstić information content (AvgIpc) is 2.88. The minimum absolute atomic E-state index is 0.0397. The van der Waals surface area contributed by atoms with Crippen LogP contribution < -0.4 is 4.74 Å². The maximum absolute atomic E-state index is 11.1. The molecule has 0 atom stereocenters. The molecule has 6 heteroatoms. The Morgan fingerprint density at radius 2 is 2.10 bits per heavy atom. The third kappa shape index (κ3) is 3.03. The number of hydrogen-bond acceptors (Lipinski definition) is 4. The fourth-order valence-electron chi connectivity index (χ4n) is 1.82. The van der Waals surface area contributed by atoms with Gasteiger partial charge in [-0.05, 0) is 24.3 Å². The van der Waals surface area contributed by atoms with Crippen LogP contribution in [-0.4, -0.2) is 34.3 Å². The summed E-state index contributed by atoms with van der Waals surface area (Å²) in [5, 5.41) is 12.9. The maximum Gasteiger partial charge on any atom is 0.305 e. The van der Waals surface area contributed by atoms with Gasteiger partial charge in [0.25, 0.3) is 0 Å². The molecule has 0 bridgehead atoms. The summed E-state index contributed by atoms with van der Waals surface area (Å²) in [6, 6.07) is 7.16. The summed E-state index contributed by atoms with van der Waals surface area (Å²) in [5.74, 6) is -0.189. The van der Waals surface area contributed by atoms with E-state index < -0.39 is 5.97 Å². The van der Waals surface area contributed by atoms with Crippen LogP contribution in [0.1, 0.15) is 16.8 Å². The van der Waals surface area contributed by atoms with E-state index >= 15 is 0 Å². The number of carbonyl (C=O) groups excluding carboxylic acids is 1. The van der Waals surface area contributed by atoms with Crippen molar-refractivity contribution in [1.29, 1.82) is 0 Å². The van der Waals surface area contributed by atoms with Gasteiger partial charge < -0.3 is 9.84 Å². The second-order valence-corrected chi connectivity index (χ2v) is 4.19. The fraction of sp³-hybridized carbons (Fsp3) is 0.214. The van der Waals surface area contributed by atoms with Gasteiger partial charge in [-0.1, -0.05) is 0 Å². The first-order valence-electron chi connectivity index (χ1n) is 6.03. The molecule has 1 aromatic carbocycles. The molecule has 1 aromatic heterocycles. The number of methoxy groups -OCH3 is 1. The molecule has 0 fully saturated rings. The topological polar surface area (TPSA) is 81.4 Å². The summed E-state index contributed by atoms with van der Waals surface area (Å²) in [5.41, 5.74) is 1.75. The standard InChI is InChI=1S/C14H14N2O4/c1-20-12-4-2-10(3-5-12)14-11(9-17)8-16(15-14)7-6-13(18)19/h2-5,8-9H,6-7H2,1H3,(H,18,19). The molecule has 1 N–H and O–H groups in total. The van der Waals surface area contributed by atoms with E-state index in [9.17, 15) is 9.59 Å². The smallest absolute Gasteiger partial charge is 0.305 e. The van der Waals surface area contributed by atoms with Crippen molar-refractivity contribution >= 4 is 12.3 Å². The minimum Gasteiger partial charge on any atom is -0.497 e. The lowest BCUT2D eigenvalue weighted by Crippen LogP contribution is -2.04. The molecule has 2 aromatic rings. The molecule has 0 amide bonds. The van der Waals surface area contributed by atoms with Gasteiger partial charge in [-0.3, -0.25) is 14.3 Å². The van der Waals surface area contributed by atoms with Crippen LogP contribution in [0, 0.1) is 0 Å². The zero-order chi connectivity index (χ0) is 14.5. The van der Waals surface area contributed by atoms with Crippen molar-refractivity contribution in [3.8, 4) is 17.0 Å². The predicted octanol–water partition coefficient (Wildman–Crippen LogP) is 1.85. The molecule has 104 valence electrons. The molecule has 0 saturated carbocycles. The fourth-order valence-corrected chi connectivity index (χ4v) is 1.82. The van der Waals surface area contributed by atoms with Gasteiger partial charge in [-0.15, -0.1) is 0 Å². The molecule has 0 saturated heterocycles. The van der Waals surface area contributed by atoms with E-state index in [1.165, 1.54) is 4.68 Å². The van der Waals surface area contributed by atoms with Gasteiger partial charge in [-0.2, -0.15) is 5.10 Å². The van der Waals surface area contributed by atoms with Crippen LogP contribution in [0.5, 0.6) is 5.75 Å². The van der Waals surface area contributed by atoms with Crippen LogP contribution in [0.25, 0.3) is 11.3 Å². The van der Waals surface area contributed by atoms with E-state index in [1.807, 2.05) is 0 Å². The highest BCUT2D eigenvalue weighted by Crippen LogP contribution is 2.23. The lowest BCUT2D eigenvalue weighted by atomic mass is 10.1. The maximum atomic E-state index is 11.1. The van der Waals surface area contributed by atoms with Crippen molar-refractivity contribution in [2.75, 3.05) is 7.11 Å². The number of aryl methyl sites for hydroxylation is 1. The molecular formula is C14H14N2O4. The summed E-state index contributed by atoms with van der Waals surface area (Å²) in [7, 11) is 1.58. The van der Waals surface area contributed by atoms with Crippen LogP contribution in [0.15, 0.2) is 30.5 Å². The van der Waals surface area contributed by atoms with Crippen LogP contribution >= 0.6 is 0 Å². The zero-order valence-corrected chi connectivity index (χ0v) is 10.9. The summed E-state index contributed by atoms with van der Waals surface area (Å²) in [6.45, 7) is 0.229. The molecular weight excluding hydrogens is 260 g/mol. The highest BCUT2D eigenvalue weighted by atomic mass is 16.5. The number of carbonyl (C=O) groups is 2. The van der Waals surface area contributed by atoms with E-state index in [1.54, 1.807) is 37.6 Å². The lowest BCUT2D eigenvalue weighted by molar-refractivity contribution is -0.137. The Morgan fingerprint density at radius 3 is 2.65 bits per heavy atom. The molecule has 2 rings (SSSR count). The first-order valence-corrected chi connectivity index (χ1v) is 6.03. The third-order valence-corrected chi connectivity index (χ3v) is 2.84. The van der Waals surface area contributed by atoms with Crippen molar-refractivity contribution in [2.24, 2.45) is 0 Å². The Kier molecular flexibility index (Phi) is 4.14. The van der Waals surface area contributed by atoms with E-state index in [0.717, 1.165) is 5.56 Å². The van der Waals surface area contributed by atoms with Crippen molar-refractivity contribution in [3.05, 3.63) is 36.0 Å². The Labute approximate surface area is 115 Å². The molecule has 0 aliphatic rings. The Morgan fingerprint density at radius 1 is 1.40 bits per heavy atom. The van der Waals surface area contributed by atoms with Gasteiger partial charge in [0.05, 0.1) is 25.6 Å². The number of carboxylic acids is 1. The molecule has 0 aliphatic heterocycles. The number of aliphatic carboxylic acids is 1. The van der Waals surface area contributed by atoms with Gasteiger partial charge in [0.2, 0.25) is 0 Å². The molecule has 1 heterocycles. The predicted molar refractivity (Wildman–Crippen MR) is 71.9 cm³/mol. The first-order chi connectivity index (χ1) is 9.63. The van der Waals surface area contributed by atoms with Crippen LogP contribution in [0.2, 0.25) is 0 Å². The monoisotopic (exact) mass is 274 g/mol. The van der Waals surface area contributed by atoms with E-state index in [4.69, 9.17) is 9.84 Å². The van der Waals surface area contributed by atoms with Crippen molar-refractivity contribution < 1.29 is 19.4 Å². The second-order valence-electron chi connectivity index (χ2n) is 4.19. The molecule has 0 spiro atoms. The summed E-state index contributed by atoms with van der Waals surface area (Å²) in [4.78, 5) is 21.6. The summed E-state index contributed by atoms with van der Waals surface area (Å²) in [6.07, 6.45) is 2.22. The van der Waals surface area contributed by atoms with Crippen LogP contribution in [0.4, 0.5) is 0 Å². The molecule has 0 aliphatic carbocycles. The van der Waals surface area contributed by atoms with Crippen molar-refractivity contribution in [1.82, 2.24) is 9.78 Å². The summed E-state index contributed by atoms with van der Waals surface area (Å²) < 4.78 is 6.54. The van der Waals surface area contributed by atoms with E-state index in [2.05, 4.69) is 5.10 Å². The normalized spacial score (nSPS) is 10.2. The Balaban J connectivity index is 2.29. The quantitative estimate of drug-likeness (QED) is 0.813. The zero-order valence-electron chi connectivity index (χ0n) is 10.9. The number of hydrogen-bond donors (Lipinski definition) is 1. The van der Waals surface area contributed by atoms with E-state index in [0.29, 0.717) is 23.3 Å². The molecule has 6 nitrogen and oxygen atoms in total. The van der Waals surface area contributed by atoms with Crippen molar-refractivity contribution in [2.45, 2.75) is 13.0 Å². The number of ether oxygens (including phenoxy) is 1. The number of nitrogens with zero attached hydrogens (tertiary/aromatic N) is 2. The van der Waals surface area contributed by atoms with Gasteiger partial charge in [0.1, 0.15) is 11.4 Å². The second kappa shape index (κ2) is 6.01. The number of aromatic nitrogens is 2. The Hall–Kier alpha value is -2.63. The van der Waals surface area contributed by atoms with Gasteiger partial charge in [0, 0.05) is 11.8 Å². The number of rotatable bonds is 6. The number of benzene rings is 1. The molecule has 0 radical (unpaired) electrons. The van der Waals surface area contributed by atoms with Gasteiger partial charge in [-0.25, -0.2) is 0 Å².